The van der Waals surface area contributed by atoms with Crippen molar-refractivity contribution in [2.75, 3.05) is 11.4 Å². The first-order valence-corrected chi connectivity index (χ1v) is 8.64. The fourth-order valence-corrected chi connectivity index (χ4v) is 3.60. The molecule has 1 nitrogen and oxygen atoms in total. The average molecular weight is 287 g/mol. The van der Waals surface area contributed by atoms with Crippen LogP contribution in [0, 0.1) is 5.92 Å². The Kier molecular flexibility index (Phi) is 4.70. The van der Waals surface area contributed by atoms with Crippen molar-refractivity contribution in [1.82, 2.24) is 0 Å². The van der Waals surface area contributed by atoms with Gasteiger partial charge in [-0.1, -0.05) is 52.8 Å². The highest BCUT2D eigenvalue weighted by Crippen LogP contribution is 2.42. The topological polar surface area (TPSA) is 3.24 Å². The maximum absolute atomic E-state index is 2.71. The van der Waals surface area contributed by atoms with Gasteiger partial charge in [0, 0.05) is 17.8 Å². The zero-order valence-corrected chi connectivity index (χ0v) is 15.0. The summed E-state index contributed by atoms with van der Waals surface area (Å²) >= 11 is 0. The molecule has 0 radical (unpaired) electrons. The highest BCUT2D eigenvalue weighted by atomic mass is 15.2. The normalized spacial score (nSPS) is 22.1. The molecule has 118 valence electrons. The van der Waals surface area contributed by atoms with Gasteiger partial charge in [-0.15, -0.1) is 0 Å². The summed E-state index contributed by atoms with van der Waals surface area (Å²) in [5.41, 5.74) is 4.83. The third kappa shape index (κ3) is 3.27. The van der Waals surface area contributed by atoms with E-state index in [0.29, 0.717) is 11.8 Å². The van der Waals surface area contributed by atoms with Crippen molar-refractivity contribution in [2.24, 2.45) is 5.92 Å². The number of anilines is 1. The van der Waals surface area contributed by atoms with Gasteiger partial charge in [-0.3, -0.25) is 0 Å². The van der Waals surface area contributed by atoms with E-state index >= 15 is 0 Å². The summed E-state index contributed by atoms with van der Waals surface area (Å²) in [5.74, 6) is 1.94. The van der Waals surface area contributed by atoms with E-state index in [1.165, 1.54) is 36.2 Å². The molecule has 0 spiro atoms. The molecule has 0 amide bonds. The summed E-state index contributed by atoms with van der Waals surface area (Å²) in [7, 11) is 0. The van der Waals surface area contributed by atoms with E-state index in [0.717, 1.165) is 5.92 Å². The maximum Gasteiger partial charge on any atom is 0.0441 e. The smallest absolute Gasteiger partial charge is 0.0441 e. The van der Waals surface area contributed by atoms with Crippen LogP contribution in [0.4, 0.5) is 5.69 Å². The number of para-hydroxylation sites is 1. The van der Waals surface area contributed by atoms with Gasteiger partial charge in [0.2, 0.25) is 0 Å². The highest BCUT2D eigenvalue weighted by Gasteiger charge is 2.35. The fourth-order valence-electron chi connectivity index (χ4n) is 3.60. The van der Waals surface area contributed by atoms with E-state index in [9.17, 15) is 0 Å². The molecule has 0 N–H and O–H groups in total. The first-order chi connectivity index (χ1) is 9.74. The molecule has 21 heavy (non-hydrogen) atoms. The summed E-state index contributed by atoms with van der Waals surface area (Å²) in [6, 6.07) is 6.91. The first-order valence-electron chi connectivity index (χ1n) is 8.64. The van der Waals surface area contributed by atoms with E-state index in [1.807, 2.05) is 0 Å². The zero-order chi connectivity index (χ0) is 15.8. The maximum atomic E-state index is 2.71. The molecule has 1 heteroatoms. The van der Waals surface area contributed by atoms with Gasteiger partial charge in [-0.05, 0) is 55.6 Å². The van der Waals surface area contributed by atoms with Crippen molar-refractivity contribution in [3.8, 4) is 0 Å². The monoisotopic (exact) mass is 287 g/mol. The molecule has 1 aromatic carbocycles. The van der Waals surface area contributed by atoms with Gasteiger partial charge in [-0.2, -0.15) is 0 Å². The molecule has 1 saturated heterocycles. The quantitative estimate of drug-likeness (QED) is 0.664. The van der Waals surface area contributed by atoms with Gasteiger partial charge < -0.3 is 4.90 Å². The van der Waals surface area contributed by atoms with Crippen LogP contribution in [0.1, 0.15) is 84.3 Å². The molecular formula is C20H33N. The highest BCUT2D eigenvalue weighted by molar-refractivity contribution is 5.63. The van der Waals surface area contributed by atoms with Crippen LogP contribution in [0.2, 0.25) is 0 Å². The van der Waals surface area contributed by atoms with Gasteiger partial charge in [0.25, 0.3) is 0 Å². The molecule has 1 heterocycles. The van der Waals surface area contributed by atoms with Crippen molar-refractivity contribution in [3.63, 3.8) is 0 Å². The minimum Gasteiger partial charge on any atom is -0.366 e. The number of nitrogens with zero attached hydrogens (tertiary/aromatic N) is 1. The summed E-state index contributed by atoms with van der Waals surface area (Å²) < 4.78 is 0. The van der Waals surface area contributed by atoms with Crippen LogP contribution in [0.25, 0.3) is 0 Å². The second-order valence-electron chi connectivity index (χ2n) is 8.16. The Morgan fingerprint density at radius 2 is 1.57 bits per heavy atom. The van der Waals surface area contributed by atoms with Crippen LogP contribution in [0.5, 0.6) is 0 Å². The van der Waals surface area contributed by atoms with Gasteiger partial charge in [0.05, 0.1) is 0 Å². The van der Waals surface area contributed by atoms with Crippen LogP contribution in [0.3, 0.4) is 0 Å². The second-order valence-corrected chi connectivity index (χ2v) is 8.16. The Balaban J connectivity index is 2.59. The molecule has 1 aliphatic heterocycles. The molecule has 2 rings (SSSR count). The molecule has 1 aliphatic rings. The Labute approximate surface area is 131 Å². The average Bonchev–Trinajstić information content (AvgIpc) is 2.40. The standard InChI is InChI=1S/C20H33N/c1-14(2)17-9-8-10-18(15(3)4)19(17)21-13-16(5)11-12-20(21,6)7/h8-10,14-16H,11-13H2,1-7H3. The number of hydrogen-bond acceptors (Lipinski definition) is 1. The molecule has 0 aromatic heterocycles. The van der Waals surface area contributed by atoms with E-state index < -0.39 is 0 Å². The lowest BCUT2D eigenvalue weighted by Gasteiger charge is -2.48. The number of piperidine rings is 1. The fraction of sp³-hybridized carbons (Fsp3) is 0.700. The first kappa shape index (κ1) is 16.4. The van der Waals surface area contributed by atoms with Gasteiger partial charge >= 0.3 is 0 Å². The van der Waals surface area contributed by atoms with Crippen LogP contribution in [-0.4, -0.2) is 12.1 Å². The van der Waals surface area contributed by atoms with Gasteiger partial charge in [-0.25, -0.2) is 0 Å². The van der Waals surface area contributed by atoms with Crippen LogP contribution in [-0.2, 0) is 0 Å². The van der Waals surface area contributed by atoms with E-state index in [2.05, 4.69) is 71.6 Å². The molecule has 1 fully saturated rings. The molecule has 0 bridgehead atoms. The molecular weight excluding hydrogens is 254 g/mol. The second kappa shape index (κ2) is 6.02. The summed E-state index contributed by atoms with van der Waals surface area (Å²) in [6.45, 7) is 17.7. The Morgan fingerprint density at radius 3 is 2.05 bits per heavy atom. The number of hydrogen-bond donors (Lipinski definition) is 0. The summed E-state index contributed by atoms with van der Waals surface area (Å²) in [5, 5.41) is 0. The van der Waals surface area contributed by atoms with Crippen LogP contribution in [0.15, 0.2) is 18.2 Å². The summed E-state index contributed by atoms with van der Waals surface area (Å²) in [4.78, 5) is 2.71. The van der Waals surface area contributed by atoms with Crippen LogP contribution >= 0.6 is 0 Å². The van der Waals surface area contributed by atoms with Crippen molar-refractivity contribution in [3.05, 3.63) is 29.3 Å². The minimum atomic E-state index is 0.265. The predicted molar refractivity (Wildman–Crippen MR) is 94.4 cm³/mol. The molecule has 1 aromatic rings. The third-order valence-corrected chi connectivity index (χ3v) is 5.09. The minimum absolute atomic E-state index is 0.265. The summed E-state index contributed by atoms with van der Waals surface area (Å²) in [6.07, 6.45) is 2.64. The number of benzene rings is 1. The van der Waals surface area contributed by atoms with Crippen LogP contribution < -0.4 is 4.90 Å². The van der Waals surface area contributed by atoms with Crippen molar-refractivity contribution in [1.29, 1.82) is 0 Å². The molecule has 1 atom stereocenters. The molecule has 0 aliphatic carbocycles. The van der Waals surface area contributed by atoms with Crippen molar-refractivity contribution in [2.45, 2.75) is 78.7 Å². The molecule has 1 unspecified atom stereocenters. The predicted octanol–water partition coefficient (Wildman–Crippen LogP) is 5.95. The van der Waals surface area contributed by atoms with E-state index in [-0.39, 0.29) is 5.54 Å². The Hall–Kier alpha value is -0.980. The molecule has 0 saturated carbocycles. The Bertz CT molecular complexity index is 458. The van der Waals surface area contributed by atoms with Gasteiger partial charge in [0.1, 0.15) is 0 Å². The lowest BCUT2D eigenvalue weighted by atomic mass is 9.82. The lowest BCUT2D eigenvalue weighted by molar-refractivity contribution is 0.302. The van der Waals surface area contributed by atoms with Crippen molar-refractivity contribution >= 4 is 5.69 Å². The largest absolute Gasteiger partial charge is 0.366 e. The van der Waals surface area contributed by atoms with E-state index in [4.69, 9.17) is 0 Å². The zero-order valence-electron chi connectivity index (χ0n) is 15.0. The number of rotatable bonds is 3. The SMILES string of the molecule is CC1CCC(C)(C)N(c2c(C(C)C)cccc2C(C)C)C1. The Morgan fingerprint density at radius 1 is 1.05 bits per heavy atom. The van der Waals surface area contributed by atoms with Gasteiger partial charge in [0.15, 0.2) is 0 Å². The van der Waals surface area contributed by atoms with E-state index in [1.54, 1.807) is 0 Å². The lowest BCUT2D eigenvalue weighted by Crippen LogP contribution is -2.51. The third-order valence-electron chi connectivity index (χ3n) is 5.09. The van der Waals surface area contributed by atoms with Crippen molar-refractivity contribution < 1.29 is 0 Å².